The van der Waals surface area contributed by atoms with Crippen molar-refractivity contribution >= 4 is 45.7 Å². The third-order valence-corrected chi connectivity index (χ3v) is 6.72. The summed E-state index contributed by atoms with van der Waals surface area (Å²) in [5, 5.41) is 2.04. The van der Waals surface area contributed by atoms with Crippen LogP contribution < -0.4 is 4.90 Å². The first-order valence-electron chi connectivity index (χ1n) is 11.0. The lowest BCUT2D eigenvalue weighted by Crippen LogP contribution is -2.48. The number of para-hydroxylation sites is 1. The maximum Gasteiger partial charge on any atom is 0.254 e. The van der Waals surface area contributed by atoms with Crippen molar-refractivity contribution in [3.8, 4) is 11.3 Å². The van der Waals surface area contributed by atoms with Crippen molar-refractivity contribution in [1.29, 1.82) is 0 Å². The smallest absolute Gasteiger partial charge is 0.254 e. The summed E-state index contributed by atoms with van der Waals surface area (Å²) in [6.07, 6.45) is 0. The molecule has 1 aliphatic rings. The highest BCUT2D eigenvalue weighted by molar-refractivity contribution is 6.35. The topological polar surface area (TPSA) is 36.4 Å². The highest BCUT2D eigenvalue weighted by Gasteiger charge is 2.25. The van der Waals surface area contributed by atoms with Gasteiger partial charge in [0.15, 0.2) is 0 Å². The number of fused-ring (bicyclic) bond motifs is 1. The van der Waals surface area contributed by atoms with E-state index >= 15 is 0 Å². The third kappa shape index (κ3) is 4.29. The fourth-order valence-electron chi connectivity index (χ4n) is 4.40. The van der Waals surface area contributed by atoms with Crippen LogP contribution in [-0.2, 0) is 0 Å². The van der Waals surface area contributed by atoms with Gasteiger partial charge in [0.2, 0.25) is 0 Å². The fourth-order valence-corrected chi connectivity index (χ4v) is 4.80. The number of aryl methyl sites for hydroxylation is 1. The van der Waals surface area contributed by atoms with Gasteiger partial charge in [-0.3, -0.25) is 4.79 Å². The maximum atomic E-state index is 13.7. The zero-order valence-corrected chi connectivity index (χ0v) is 19.8. The van der Waals surface area contributed by atoms with E-state index in [0.717, 1.165) is 46.0 Å². The Kier molecular flexibility index (Phi) is 5.96. The molecule has 6 heteroatoms. The molecule has 0 radical (unpaired) electrons. The summed E-state index contributed by atoms with van der Waals surface area (Å²) in [5.41, 5.74) is 5.23. The summed E-state index contributed by atoms with van der Waals surface area (Å²) in [7, 11) is 0. The van der Waals surface area contributed by atoms with Crippen LogP contribution in [0.4, 0.5) is 5.69 Å². The minimum atomic E-state index is 0.00486. The van der Waals surface area contributed by atoms with Gasteiger partial charge in [0, 0.05) is 47.8 Å². The van der Waals surface area contributed by atoms with E-state index in [9.17, 15) is 4.79 Å². The standard InChI is InChI=1S/C27H23Cl2N3O/c1-18-6-2-3-9-21(18)25-17-23(22-10-5-11-24(29)26(22)30-25)27(33)32-14-12-31(13-15-32)20-8-4-7-19(28)16-20/h2-11,16-17H,12-15H2,1H3. The van der Waals surface area contributed by atoms with Crippen molar-refractivity contribution in [2.75, 3.05) is 31.1 Å². The molecule has 5 rings (SSSR count). The third-order valence-electron chi connectivity index (χ3n) is 6.18. The summed E-state index contributed by atoms with van der Waals surface area (Å²) < 4.78 is 0. The number of amides is 1. The van der Waals surface area contributed by atoms with Crippen LogP contribution in [0.5, 0.6) is 0 Å². The Morgan fingerprint density at radius 1 is 0.879 bits per heavy atom. The zero-order valence-electron chi connectivity index (χ0n) is 18.3. The number of benzene rings is 3. The van der Waals surface area contributed by atoms with E-state index in [1.807, 2.05) is 78.6 Å². The van der Waals surface area contributed by atoms with Crippen molar-refractivity contribution in [3.05, 3.63) is 94.0 Å². The second-order valence-electron chi connectivity index (χ2n) is 8.27. The van der Waals surface area contributed by atoms with Gasteiger partial charge in [0.1, 0.15) is 0 Å². The van der Waals surface area contributed by atoms with Crippen LogP contribution in [0.15, 0.2) is 72.8 Å². The number of piperazine rings is 1. The normalized spacial score (nSPS) is 14.0. The molecule has 0 aliphatic carbocycles. The van der Waals surface area contributed by atoms with Crippen LogP contribution in [0.3, 0.4) is 0 Å². The van der Waals surface area contributed by atoms with Crippen LogP contribution in [-0.4, -0.2) is 42.0 Å². The highest BCUT2D eigenvalue weighted by atomic mass is 35.5. The zero-order chi connectivity index (χ0) is 22.9. The number of hydrogen-bond acceptors (Lipinski definition) is 3. The molecule has 1 fully saturated rings. The summed E-state index contributed by atoms with van der Waals surface area (Å²) >= 11 is 12.7. The van der Waals surface area contributed by atoms with E-state index in [1.165, 1.54) is 0 Å². The van der Waals surface area contributed by atoms with Gasteiger partial charge < -0.3 is 9.80 Å². The molecule has 0 unspecified atom stereocenters. The Bertz CT molecular complexity index is 1350. The summed E-state index contributed by atoms with van der Waals surface area (Å²) in [6.45, 7) is 4.82. The number of hydrogen-bond donors (Lipinski definition) is 0. The number of carbonyl (C=O) groups excluding carboxylic acids is 1. The second kappa shape index (κ2) is 9.05. The number of carbonyl (C=O) groups is 1. The summed E-state index contributed by atoms with van der Waals surface area (Å²) in [6, 6.07) is 23.4. The van der Waals surface area contributed by atoms with Gasteiger partial charge >= 0.3 is 0 Å². The quantitative estimate of drug-likeness (QED) is 0.340. The number of rotatable bonds is 3. The molecule has 1 aromatic heterocycles. The van der Waals surface area contributed by atoms with Crippen molar-refractivity contribution in [3.63, 3.8) is 0 Å². The van der Waals surface area contributed by atoms with Gasteiger partial charge in [-0.05, 0) is 42.8 Å². The molecule has 1 aliphatic heterocycles. The molecule has 0 N–H and O–H groups in total. The number of anilines is 1. The molecule has 3 aromatic carbocycles. The molecule has 2 heterocycles. The van der Waals surface area contributed by atoms with E-state index in [-0.39, 0.29) is 5.91 Å². The largest absolute Gasteiger partial charge is 0.368 e. The molecule has 1 amide bonds. The molecule has 0 saturated carbocycles. The number of pyridine rings is 1. The Morgan fingerprint density at radius 3 is 2.39 bits per heavy atom. The lowest BCUT2D eigenvalue weighted by atomic mass is 10.00. The van der Waals surface area contributed by atoms with Gasteiger partial charge in [-0.1, -0.05) is 65.7 Å². The van der Waals surface area contributed by atoms with Gasteiger partial charge in [-0.2, -0.15) is 0 Å². The molecule has 166 valence electrons. The number of aromatic nitrogens is 1. The average Bonchev–Trinajstić information content (AvgIpc) is 2.84. The van der Waals surface area contributed by atoms with Crippen LogP contribution in [0.1, 0.15) is 15.9 Å². The fraction of sp³-hybridized carbons (Fsp3) is 0.185. The van der Waals surface area contributed by atoms with Crippen molar-refractivity contribution in [1.82, 2.24) is 9.88 Å². The second-order valence-corrected chi connectivity index (χ2v) is 9.11. The first-order chi connectivity index (χ1) is 16.0. The lowest BCUT2D eigenvalue weighted by Gasteiger charge is -2.36. The van der Waals surface area contributed by atoms with E-state index in [1.54, 1.807) is 0 Å². The molecule has 1 saturated heterocycles. The van der Waals surface area contributed by atoms with Gasteiger partial charge in [0.25, 0.3) is 5.91 Å². The Labute approximate surface area is 203 Å². The minimum absolute atomic E-state index is 0.00486. The maximum absolute atomic E-state index is 13.7. The van der Waals surface area contributed by atoms with Crippen LogP contribution >= 0.6 is 23.2 Å². The Hall–Kier alpha value is -3.08. The van der Waals surface area contributed by atoms with Gasteiger partial charge in [0.05, 0.1) is 21.8 Å². The minimum Gasteiger partial charge on any atom is -0.368 e. The molecule has 0 bridgehead atoms. The average molecular weight is 476 g/mol. The van der Waals surface area contributed by atoms with Crippen LogP contribution in [0.25, 0.3) is 22.2 Å². The molecule has 4 aromatic rings. The van der Waals surface area contributed by atoms with Crippen LogP contribution in [0.2, 0.25) is 10.0 Å². The van der Waals surface area contributed by atoms with E-state index in [0.29, 0.717) is 29.2 Å². The van der Waals surface area contributed by atoms with E-state index in [4.69, 9.17) is 28.2 Å². The predicted molar refractivity (Wildman–Crippen MR) is 136 cm³/mol. The first-order valence-corrected chi connectivity index (χ1v) is 11.7. The van der Waals surface area contributed by atoms with E-state index < -0.39 is 0 Å². The van der Waals surface area contributed by atoms with Crippen molar-refractivity contribution in [2.24, 2.45) is 0 Å². The molecule has 0 atom stereocenters. The summed E-state index contributed by atoms with van der Waals surface area (Å²) in [5.74, 6) is 0.00486. The molecular weight excluding hydrogens is 453 g/mol. The lowest BCUT2D eigenvalue weighted by molar-refractivity contribution is 0.0748. The molecular formula is C27H23Cl2N3O. The van der Waals surface area contributed by atoms with Gasteiger partial charge in [-0.25, -0.2) is 4.98 Å². The number of halogens is 2. The molecule has 4 nitrogen and oxygen atoms in total. The van der Waals surface area contributed by atoms with Gasteiger partial charge in [-0.15, -0.1) is 0 Å². The predicted octanol–water partition coefficient (Wildman–Crippen LogP) is 6.48. The first kappa shape index (κ1) is 21.7. The SMILES string of the molecule is Cc1ccccc1-c1cc(C(=O)N2CCN(c3cccc(Cl)c3)CC2)c2cccc(Cl)c2n1. The van der Waals surface area contributed by atoms with Crippen molar-refractivity contribution < 1.29 is 4.79 Å². The summed E-state index contributed by atoms with van der Waals surface area (Å²) in [4.78, 5) is 22.7. The molecule has 33 heavy (non-hydrogen) atoms. The molecule has 0 spiro atoms. The Balaban J connectivity index is 1.48. The Morgan fingerprint density at radius 2 is 1.64 bits per heavy atom. The highest BCUT2D eigenvalue weighted by Crippen LogP contribution is 2.31. The van der Waals surface area contributed by atoms with E-state index in [2.05, 4.69) is 11.0 Å². The van der Waals surface area contributed by atoms with Crippen LogP contribution in [0, 0.1) is 6.92 Å². The number of nitrogens with zero attached hydrogens (tertiary/aromatic N) is 3. The van der Waals surface area contributed by atoms with Crippen molar-refractivity contribution in [2.45, 2.75) is 6.92 Å². The monoisotopic (exact) mass is 475 g/mol.